The van der Waals surface area contributed by atoms with Crippen LogP contribution in [0, 0.1) is 37.8 Å². The van der Waals surface area contributed by atoms with Gasteiger partial charge in [0.05, 0.1) is 0 Å². The van der Waals surface area contributed by atoms with Gasteiger partial charge < -0.3 is 0 Å². The van der Waals surface area contributed by atoms with Crippen molar-refractivity contribution in [3.63, 3.8) is 0 Å². The number of hydrogen-bond donors (Lipinski definition) is 0. The van der Waals surface area contributed by atoms with Gasteiger partial charge in [0.2, 0.25) is 0 Å². The molecule has 0 unspecified atom stereocenters. The molecule has 0 saturated carbocycles. The average Bonchev–Trinajstić information content (AvgIpc) is 1.46. The fourth-order valence-corrected chi connectivity index (χ4v) is 0. The third kappa shape index (κ3) is 33.9. The van der Waals surface area contributed by atoms with Crippen LogP contribution < -0.4 is 0 Å². The summed E-state index contributed by atoms with van der Waals surface area (Å²) < 4.78 is 25.4. The van der Waals surface area contributed by atoms with Gasteiger partial charge >= 0.3 is 59.7 Å². The summed E-state index contributed by atoms with van der Waals surface area (Å²) in [5.74, 6) is 0. The van der Waals surface area contributed by atoms with Crippen LogP contribution in [-0.2, 0) is 5.68 Å². The summed E-state index contributed by atoms with van der Waals surface area (Å²) in [4.78, 5) is 0. The summed E-state index contributed by atoms with van der Waals surface area (Å²) >= 11 is -1.81. The van der Waals surface area contributed by atoms with Crippen molar-refractivity contribution in [3.8, 4) is 0 Å². The predicted molar refractivity (Wildman–Crippen MR) is 9.21 cm³/mol. The Labute approximate surface area is 58.7 Å². The Morgan fingerprint density at radius 2 is 1.20 bits per heavy atom. The number of hydrogen-bond acceptors (Lipinski definition) is 3. The molecule has 0 aromatic carbocycles. The topological polar surface area (TPSA) is 51.2 Å². The van der Waals surface area contributed by atoms with Gasteiger partial charge in [0, 0.05) is 0 Å². The van der Waals surface area contributed by atoms with E-state index in [0.29, 0.717) is 16.2 Å². The first-order valence-corrected chi connectivity index (χ1v) is 3.84. The van der Waals surface area contributed by atoms with Crippen molar-refractivity contribution in [2.24, 2.45) is 0 Å². The summed E-state index contributed by atoms with van der Waals surface area (Å²) in [7, 11) is 0. The van der Waals surface area contributed by atoms with E-state index in [2.05, 4.69) is 0 Å². The van der Waals surface area contributed by atoms with E-state index >= 15 is 0 Å². The van der Waals surface area contributed by atoms with Crippen LogP contribution in [0.5, 0.6) is 0 Å². The molecule has 5 heteroatoms. The predicted octanol–water partition coefficient (Wildman–Crippen LogP) is -1.00. The Morgan fingerprint density at radius 3 is 1.20 bits per heavy atom. The van der Waals surface area contributed by atoms with Crippen LogP contribution in [0.1, 0.15) is 0 Å². The van der Waals surface area contributed by atoms with Gasteiger partial charge in [-0.2, -0.15) is 0 Å². The van der Waals surface area contributed by atoms with Crippen LogP contribution in [0.25, 0.3) is 0 Å². The van der Waals surface area contributed by atoms with Crippen molar-refractivity contribution in [1.29, 1.82) is 0 Å². The summed E-state index contributed by atoms with van der Waals surface area (Å²) in [6, 6.07) is 0. The second kappa shape index (κ2) is 18.5. The van der Waals surface area contributed by atoms with Crippen LogP contribution in [-0.4, -0.2) is 16.2 Å². The van der Waals surface area contributed by atoms with Crippen LogP contribution >= 0.6 is 0 Å². The zero-order chi connectivity index (χ0) is 4.71. The van der Waals surface area contributed by atoms with Gasteiger partial charge in [0.1, 0.15) is 0 Å². The monoisotopic (exact) mass is 216 g/mol. The molecule has 0 aromatic heterocycles. The van der Waals surface area contributed by atoms with E-state index in [1.165, 1.54) is 0 Å². The maximum atomic E-state index is 8.57. The first-order valence-electron chi connectivity index (χ1n) is 0.697. The van der Waals surface area contributed by atoms with Crippen molar-refractivity contribution < 1.29 is 43.5 Å². The summed E-state index contributed by atoms with van der Waals surface area (Å²) in [5, 5.41) is 0. The molecule has 0 fully saturated rings. The summed E-state index contributed by atoms with van der Waals surface area (Å²) in [5.41, 5.74) is 0. The van der Waals surface area contributed by atoms with E-state index in [4.69, 9.17) is 5.68 Å². The average molecular weight is 216 g/mol. The second-order valence-corrected chi connectivity index (χ2v) is 0.607. The van der Waals surface area contributed by atoms with Gasteiger partial charge in [-0.05, 0) is 0 Å². The molecule has 0 aliphatic carbocycles. The zero-order valence-corrected chi connectivity index (χ0v) is 6.99. The Balaban J connectivity index is 0. The SMILES string of the molecule is [O]=[AlH].[O]=[Ce]=[O]. The van der Waals surface area contributed by atoms with Gasteiger partial charge in [-0.25, -0.2) is 0 Å². The third-order valence-electron chi connectivity index (χ3n) is 0. The van der Waals surface area contributed by atoms with E-state index in [0.717, 1.165) is 0 Å². The molecule has 0 spiro atoms. The van der Waals surface area contributed by atoms with Crippen molar-refractivity contribution in [2.75, 3.05) is 0 Å². The maximum absolute atomic E-state index is 8.57. The van der Waals surface area contributed by atoms with Crippen LogP contribution in [0.3, 0.4) is 0 Å². The number of rotatable bonds is 0. The first-order chi connectivity index (χ1) is 2.41. The molecule has 5 heavy (non-hydrogen) atoms. The van der Waals surface area contributed by atoms with Crippen LogP contribution in [0.2, 0.25) is 0 Å². The molecule has 26 valence electrons. The van der Waals surface area contributed by atoms with E-state index in [9.17, 15) is 0 Å². The minimum absolute atomic E-state index is 0.611. The zero-order valence-electron chi connectivity index (χ0n) is 2.43. The summed E-state index contributed by atoms with van der Waals surface area (Å²) in [6.45, 7) is 0. The van der Waals surface area contributed by atoms with Gasteiger partial charge in [0.25, 0.3) is 0 Å². The Morgan fingerprint density at radius 1 is 1.20 bits per heavy atom. The molecule has 0 N–H and O–H groups in total. The van der Waals surface area contributed by atoms with Crippen molar-refractivity contribution in [1.82, 2.24) is 0 Å². The van der Waals surface area contributed by atoms with Gasteiger partial charge in [-0.15, -0.1) is 0 Å². The Kier molecular flexibility index (Phi) is 35.4. The fraction of sp³-hybridized carbons (Fsp3) is 0. The minimum atomic E-state index is -2.42. The molecule has 0 atom stereocenters. The third-order valence-corrected chi connectivity index (χ3v) is 0. The molecule has 3 nitrogen and oxygen atoms in total. The quantitative estimate of drug-likeness (QED) is 0.488. The summed E-state index contributed by atoms with van der Waals surface area (Å²) in [6.07, 6.45) is 0. The van der Waals surface area contributed by atoms with E-state index < -0.39 is 37.8 Å². The standard InChI is InChI=1S/Al.Ce.3O.H. The molecule has 0 amide bonds. The molecule has 0 bridgehead atoms. The first kappa shape index (κ1) is 9.58. The fourth-order valence-electron chi connectivity index (χ4n) is 0. The van der Waals surface area contributed by atoms with Crippen molar-refractivity contribution in [3.05, 3.63) is 0 Å². The van der Waals surface area contributed by atoms with Gasteiger partial charge in [-0.1, -0.05) is 0 Å². The molecule has 0 radical (unpaired) electrons. The molecular weight excluding hydrogens is 215 g/mol. The Hall–Kier alpha value is 1.31. The van der Waals surface area contributed by atoms with Crippen molar-refractivity contribution in [2.45, 2.75) is 0 Å². The molecule has 0 aromatic rings. The molecular formula is HAlCeO3. The van der Waals surface area contributed by atoms with Crippen LogP contribution in [0.15, 0.2) is 0 Å². The van der Waals surface area contributed by atoms with Gasteiger partial charge in [-0.3, -0.25) is 0 Å². The van der Waals surface area contributed by atoms with Crippen molar-refractivity contribution >= 4 is 16.2 Å². The molecule has 0 rings (SSSR count). The Bertz CT molecular complexity index is 36.2. The van der Waals surface area contributed by atoms with E-state index in [1.54, 1.807) is 0 Å². The second-order valence-electron chi connectivity index (χ2n) is 0.0833. The van der Waals surface area contributed by atoms with E-state index in [-0.39, 0.29) is 0 Å². The molecule has 0 saturated heterocycles. The normalized spacial score (nSPS) is 2.20. The molecule has 0 aliphatic rings. The van der Waals surface area contributed by atoms with E-state index in [1.807, 2.05) is 0 Å². The molecule has 0 aliphatic heterocycles. The van der Waals surface area contributed by atoms with Crippen LogP contribution in [0.4, 0.5) is 0 Å². The molecule has 0 heterocycles. The van der Waals surface area contributed by atoms with Gasteiger partial charge in [0.15, 0.2) is 0 Å².